The lowest BCUT2D eigenvalue weighted by Crippen LogP contribution is -2.41. The fourth-order valence-corrected chi connectivity index (χ4v) is 2.77. The Balaban J connectivity index is 1.60. The summed E-state index contributed by atoms with van der Waals surface area (Å²) in [4.78, 5) is 0. The zero-order valence-electron chi connectivity index (χ0n) is 14.0. The van der Waals surface area contributed by atoms with Crippen LogP contribution in [0.25, 0.3) is 0 Å². The first kappa shape index (κ1) is 15.8. The average Bonchev–Trinajstić information content (AvgIpc) is 3.04. The van der Waals surface area contributed by atoms with E-state index in [1.54, 1.807) is 0 Å². The van der Waals surface area contributed by atoms with Gasteiger partial charge in [-0.25, -0.2) is 0 Å². The molecule has 22 heavy (non-hydrogen) atoms. The Kier molecular flexibility index (Phi) is 4.23. The minimum absolute atomic E-state index is 0.294. The van der Waals surface area contributed by atoms with Gasteiger partial charge in [0.05, 0.1) is 17.3 Å². The van der Waals surface area contributed by atoms with Crippen LogP contribution in [0.1, 0.15) is 40.5 Å². The van der Waals surface area contributed by atoms with E-state index in [-0.39, 0.29) is 18.3 Å². The fourth-order valence-electron chi connectivity index (χ4n) is 2.77. The first-order chi connectivity index (χ1) is 10.4. The highest BCUT2D eigenvalue weighted by Crippen LogP contribution is 2.36. The SMILES string of the molecule is CC1(C)OB(c2ccc(NCC3CCCO3)cc2)OC1(C)C. The van der Waals surface area contributed by atoms with E-state index in [1.165, 1.54) is 6.42 Å². The standard InChI is InChI=1S/C17H26BNO3/c1-16(2)17(3,4)22-18(21-16)13-7-9-14(10-8-13)19-12-15-6-5-11-20-15/h7-10,15,19H,5-6,11-12H2,1-4H3. The molecular weight excluding hydrogens is 277 g/mol. The molecule has 0 radical (unpaired) electrons. The minimum atomic E-state index is -0.297. The summed E-state index contributed by atoms with van der Waals surface area (Å²) < 4.78 is 17.8. The molecule has 2 fully saturated rings. The normalized spacial score (nSPS) is 26.4. The highest BCUT2D eigenvalue weighted by Gasteiger charge is 2.51. The summed E-state index contributed by atoms with van der Waals surface area (Å²) in [5.41, 5.74) is 1.57. The number of rotatable bonds is 4. The predicted octanol–water partition coefficient (Wildman–Crippen LogP) is 2.58. The van der Waals surface area contributed by atoms with Crippen molar-refractivity contribution < 1.29 is 14.0 Å². The van der Waals surface area contributed by atoms with Gasteiger partial charge < -0.3 is 19.4 Å². The van der Waals surface area contributed by atoms with Crippen molar-refractivity contribution in [1.82, 2.24) is 0 Å². The molecule has 0 amide bonds. The lowest BCUT2D eigenvalue weighted by Gasteiger charge is -2.32. The fraction of sp³-hybridized carbons (Fsp3) is 0.647. The highest BCUT2D eigenvalue weighted by atomic mass is 16.7. The van der Waals surface area contributed by atoms with Gasteiger partial charge in [0.2, 0.25) is 0 Å². The van der Waals surface area contributed by atoms with Crippen LogP contribution >= 0.6 is 0 Å². The van der Waals surface area contributed by atoms with Gasteiger partial charge in [0.25, 0.3) is 0 Å². The van der Waals surface area contributed by atoms with Gasteiger partial charge in [0.15, 0.2) is 0 Å². The maximum absolute atomic E-state index is 6.07. The van der Waals surface area contributed by atoms with Crippen molar-refractivity contribution in [1.29, 1.82) is 0 Å². The van der Waals surface area contributed by atoms with E-state index in [2.05, 4.69) is 57.3 Å². The van der Waals surface area contributed by atoms with Crippen LogP contribution in [0.5, 0.6) is 0 Å². The van der Waals surface area contributed by atoms with Gasteiger partial charge in [-0.05, 0) is 58.1 Å². The third kappa shape index (κ3) is 3.17. The van der Waals surface area contributed by atoms with Crippen molar-refractivity contribution >= 4 is 18.3 Å². The Bertz CT molecular complexity index is 493. The van der Waals surface area contributed by atoms with Gasteiger partial charge in [0, 0.05) is 18.8 Å². The first-order valence-corrected chi connectivity index (χ1v) is 8.18. The minimum Gasteiger partial charge on any atom is -0.399 e. The van der Waals surface area contributed by atoms with E-state index in [9.17, 15) is 0 Å². The molecule has 2 aliphatic heterocycles. The molecule has 5 heteroatoms. The number of anilines is 1. The quantitative estimate of drug-likeness (QED) is 0.868. The summed E-state index contributed by atoms with van der Waals surface area (Å²) in [5.74, 6) is 0. The molecule has 0 aromatic heterocycles. The van der Waals surface area contributed by atoms with Crippen LogP contribution in [-0.4, -0.2) is 37.6 Å². The Morgan fingerprint density at radius 3 is 2.27 bits per heavy atom. The Morgan fingerprint density at radius 1 is 1.09 bits per heavy atom. The second kappa shape index (κ2) is 5.87. The Morgan fingerprint density at radius 2 is 1.73 bits per heavy atom. The average molecular weight is 303 g/mol. The molecule has 1 atom stereocenters. The summed E-state index contributed by atoms with van der Waals surface area (Å²) in [6, 6.07) is 8.30. The van der Waals surface area contributed by atoms with E-state index in [0.717, 1.165) is 30.7 Å². The monoisotopic (exact) mass is 303 g/mol. The summed E-state index contributed by atoms with van der Waals surface area (Å²) in [6.45, 7) is 10.1. The number of hydrogen-bond acceptors (Lipinski definition) is 4. The Hall–Kier alpha value is -1.04. The second-order valence-electron chi connectivity index (χ2n) is 7.23. The maximum Gasteiger partial charge on any atom is 0.494 e. The second-order valence-corrected chi connectivity index (χ2v) is 7.23. The summed E-state index contributed by atoms with van der Waals surface area (Å²) in [5, 5.41) is 3.43. The molecule has 4 nitrogen and oxygen atoms in total. The zero-order valence-corrected chi connectivity index (χ0v) is 14.0. The molecule has 0 saturated carbocycles. The molecule has 0 bridgehead atoms. The lowest BCUT2D eigenvalue weighted by atomic mass is 9.79. The van der Waals surface area contributed by atoms with Crippen LogP contribution < -0.4 is 10.8 Å². The van der Waals surface area contributed by atoms with Crippen LogP contribution in [0, 0.1) is 0 Å². The molecule has 2 aliphatic rings. The van der Waals surface area contributed by atoms with E-state index < -0.39 is 0 Å². The van der Waals surface area contributed by atoms with Gasteiger partial charge in [0.1, 0.15) is 0 Å². The number of benzene rings is 1. The summed E-state index contributed by atoms with van der Waals surface area (Å²) >= 11 is 0. The van der Waals surface area contributed by atoms with Crippen molar-refractivity contribution in [3.8, 4) is 0 Å². The van der Waals surface area contributed by atoms with Crippen molar-refractivity contribution in [2.75, 3.05) is 18.5 Å². The Labute approximate surface area is 133 Å². The predicted molar refractivity (Wildman–Crippen MR) is 89.6 cm³/mol. The summed E-state index contributed by atoms with van der Waals surface area (Å²) in [7, 11) is -0.294. The van der Waals surface area contributed by atoms with Crippen molar-refractivity contribution in [2.24, 2.45) is 0 Å². The first-order valence-electron chi connectivity index (χ1n) is 8.18. The van der Waals surface area contributed by atoms with E-state index in [4.69, 9.17) is 14.0 Å². The third-order valence-corrected chi connectivity index (χ3v) is 4.99. The van der Waals surface area contributed by atoms with E-state index in [0.29, 0.717) is 6.10 Å². The molecule has 1 N–H and O–H groups in total. The molecule has 0 aliphatic carbocycles. The molecule has 1 unspecified atom stereocenters. The smallest absolute Gasteiger partial charge is 0.399 e. The molecular formula is C17H26BNO3. The van der Waals surface area contributed by atoms with E-state index in [1.807, 2.05) is 0 Å². The zero-order chi connectivity index (χ0) is 15.8. The van der Waals surface area contributed by atoms with Gasteiger partial charge in [-0.2, -0.15) is 0 Å². The summed E-state index contributed by atoms with van der Waals surface area (Å²) in [6.07, 6.45) is 2.68. The molecule has 1 aromatic rings. The van der Waals surface area contributed by atoms with Crippen LogP contribution in [0.3, 0.4) is 0 Å². The van der Waals surface area contributed by atoms with Crippen molar-refractivity contribution in [2.45, 2.75) is 57.8 Å². The molecule has 120 valence electrons. The third-order valence-electron chi connectivity index (χ3n) is 4.99. The van der Waals surface area contributed by atoms with Gasteiger partial charge in [-0.15, -0.1) is 0 Å². The van der Waals surface area contributed by atoms with E-state index >= 15 is 0 Å². The molecule has 0 spiro atoms. The topological polar surface area (TPSA) is 39.7 Å². The van der Waals surface area contributed by atoms with Crippen molar-refractivity contribution in [3.05, 3.63) is 24.3 Å². The van der Waals surface area contributed by atoms with Gasteiger partial charge in [-0.3, -0.25) is 0 Å². The van der Waals surface area contributed by atoms with Crippen LogP contribution in [0.2, 0.25) is 0 Å². The maximum atomic E-state index is 6.07. The number of hydrogen-bond donors (Lipinski definition) is 1. The molecule has 3 rings (SSSR count). The van der Waals surface area contributed by atoms with Crippen molar-refractivity contribution in [3.63, 3.8) is 0 Å². The van der Waals surface area contributed by atoms with Crippen LogP contribution in [0.15, 0.2) is 24.3 Å². The largest absolute Gasteiger partial charge is 0.494 e. The molecule has 1 aromatic carbocycles. The van der Waals surface area contributed by atoms with Crippen LogP contribution in [0.4, 0.5) is 5.69 Å². The number of ether oxygens (including phenoxy) is 1. The lowest BCUT2D eigenvalue weighted by molar-refractivity contribution is 0.00578. The van der Waals surface area contributed by atoms with Gasteiger partial charge in [-0.1, -0.05) is 12.1 Å². The number of nitrogens with one attached hydrogen (secondary N) is 1. The molecule has 2 saturated heterocycles. The van der Waals surface area contributed by atoms with Gasteiger partial charge >= 0.3 is 7.12 Å². The highest BCUT2D eigenvalue weighted by molar-refractivity contribution is 6.62. The van der Waals surface area contributed by atoms with Crippen LogP contribution in [-0.2, 0) is 14.0 Å². The molecule has 2 heterocycles.